The summed E-state index contributed by atoms with van der Waals surface area (Å²) in [7, 11) is 0. The maximum absolute atomic E-state index is 12.0. The highest BCUT2D eigenvalue weighted by Crippen LogP contribution is 2.19. The molecule has 2 atom stereocenters. The van der Waals surface area contributed by atoms with Crippen LogP contribution >= 0.6 is 11.6 Å². The molecule has 1 aromatic rings. The van der Waals surface area contributed by atoms with Crippen molar-refractivity contribution in [1.29, 1.82) is 0 Å². The number of quaternary nitrogens is 1. The van der Waals surface area contributed by atoms with Gasteiger partial charge >= 0.3 is 0 Å². The Morgan fingerprint density at radius 3 is 2.95 bits per heavy atom. The van der Waals surface area contributed by atoms with E-state index in [9.17, 15) is 4.79 Å². The Hall–Kier alpha value is -1.06. The number of aryl methyl sites for hydroxylation is 1. The van der Waals surface area contributed by atoms with Gasteiger partial charge in [-0.1, -0.05) is 17.7 Å². The summed E-state index contributed by atoms with van der Waals surface area (Å²) in [6, 6.07) is 6.22. The smallest absolute Gasteiger partial charge is 0.279 e. The second kappa shape index (κ2) is 6.40. The van der Waals surface area contributed by atoms with E-state index in [1.807, 2.05) is 25.1 Å². The Bertz CT molecular complexity index is 461. The predicted octanol–water partition coefficient (Wildman–Crippen LogP) is 2.04. The fourth-order valence-corrected chi connectivity index (χ4v) is 2.78. The summed E-state index contributed by atoms with van der Waals surface area (Å²) in [6.45, 7) is 5.83. The fourth-order valence-electron chi connectivity index (χ4n) is 2.60. The lowest BCUT2D eigenvalue weighted by Gasteiger charge is -2.29. The van der Waals surface area contributed by atoms with Gasteiger partial charge in [0.2, 0.25) is 0 Å². The fraction of sp³-hybridized carbons (Fsp3) is 0.533. The van der Waals surface area contributed by atoms with E-state index in [1.165, 1.54) is 24.2 Å². The summed E-state index contributed by atoms with van der Waals surface area (Å²) >= 11 is 6.06. The van der Waals surface area contributed by atoms with Gasteiger partial charge in [-0.05, 0) is 50.8 Å². The highest BCUT2D eigenvalue weighted by molar-refractivity contribution is 6.31. The van der Waals surface area contributed by atoms with Crippen LogP contribution in [0.5, 0.6) is 0 Å². The summed E-state index contributed by atoms with van der Waals surface area (Å²) in [4.78, 5) is 13.4. The number of amides is 1. The number of piperidine rings is 1. The van der Waals surface area contributed by atoms with E-state index in [4.69, 9.17) is 11.6 Å². The second-order valence-corrected chi connectivity index (χ2v) is 5.90. The van der Waals surface area contributed by atoms with Crippen LogP contribution in [0.2, 0.25) is 5.02 Å². The summed E-state index contributed by atoms with van der Waals surface area (Å²) in [5.74, 6) is 0.0728. The number of rotatable bonds is 3. The number of anilines is 1. The molecule has 19 heavy (non-hydrogen) atoms. The van der Waals surface area contributed by atoms with E-state index in [1.54, 1.807) is 0 Å². The Morgan fingerprint density at radius 1 is 1.47 bits per heavy atom. The zero-order chi connectivity index (χ0) is 13.8. The minimum Gasteiger partial charge on any atom is -0.325 e. The van der Waals surface area contributed by atoms with Crippen molar-refractivity contribution in [2.45, 2.75) is 39.2 Å². The molecule has 0 saturated carbocycles. The molecule has 1 aromatic carbocycles. The van der Waals surface area contributed by atoms with Crippen LogP contribution in [-0.4, -0.2) is 25.0 Å². The molecule has 0 radical (unpaired) electrons. The second-order valence-electron chi connectivity index (χ2n) is 5.49. The topological polar surface area (TPSA) is 33.5 Å². The molecule has 4 heteroatoms. The van der Waals surface area contributed by atoms with Crippen molar-refractivity contribution in [1.82, 2.24) is 0 Å². The van der Waals surface area contributed by atoms with Crippen LogP contribution in [0.3, 0.4) is 0 Å². The van der Waals surface area contributed by atoms with Crippen LogP contribution in [0.25, 0.3) is 0 Å². The monoisotopic (exact) mass is 281 g/mol. The molecular weight excluding hydrogens is 260 g/mol. The van der Waals surface area contributed by atoms with Crippen molar-refractivity contribution in [3.05, 3.63) is 28.8 Å². The highest BCUT2D eigenvalue weighted by atomic mass is 35.5. The summed E-state index contributed by atoms with van der Waals surface area (Å²) < 4.78 is 0. The molecule has 1 aliphatic rings. The normalized spacial score (nSPS) is 23.1. The minimum absolute atomic E-state index is 0.0728. The lowest BCUT2D eigenvalue weighted by Crippen LogP contribution is -3.17. The van der Waals surface area contributed by atoms with E-state index < -0.39 is 0 Å². The maximum Gasteiger partial charge on any atom is 0.279 e. The van der Waals surface area contributed by atoms with Gasteiger partial charge in [0.25, 0.3) is 5.91 Å². The first-order valence-electron chi connectivity index (χ1n) is 6.97. The summed E-state index contributed by atoms with van der Waals surface area (Å²) in [5.41, 5.74) is 1.81. The number of benzene rings is 1. The van der Waals surface area contributed by atoms with Gasteiger partial charge in [-0.3, -0.25) is 4.79 Å². The first-order valence-corrected chi connectivity index (χ1v) is 7.34. The standard InChI is InChI=1S/C15H21ClN2O/c1-11-6-7-13(9-14(11)16)17-15(19)10-18-8-4-3-5-12(18)2/h6-7,9,12H,3-5,8,10H2,1-2H3,(H,17,19)/p+1/t12-/m1/s1. The minimum atomic E-state index is 0.0728. The number of carbonyl (C=O) groups is 1. The highest BCUT2D eigenvalue weighted by Gasteiger charge is 2.24. The molecule has 0 spiro atoms. The third kappa shape index (κ3) is 3.95. The molecule has 0 aromatic heterocycles. The quantitative estimate of drug-likeness (QED) is 0.873. The molecule has 0 bridgehead atoms. The number of likely N-dealkylation sites (tertiary alicyclic amines) is 1. The van der Waals surface area contributed by atoms with Gasteiger partial charge in [0.05, 0.1) is 12.6 Å². The van der Waals surface area contributed by atoms with Crippen molar-refractivity contribution in [2.75, 3.05) is 18.4 Å². The lowest BCUT2D eigenvalue weighted by atomic mass is 10.0. The molecule has 3 nitrogen and oxygen atoms in total. The molecule has 1 fully saturated rings. The summed E-state index contributed by atoms with van der Waals surface area (Å²) in [5, 5.41) is 3.62. The molecule has 2 rings (SSSR count). The van der Waals surface area contributed by atoms with Crippen LogP contribution in [0.1, 0.15) is 31.7 Å². The molecule has 0 aliphatic carbocycles. The van der Waals surface area contributed by atoms with E-state index in [-0.39, 0.29) is 5.91 Å². The van der Waals surface area contributed by atoms with Gasteiger partial charge < -0.3 is 10.2 Å². The van der Waals surface area contributed by atoms with Gasteiger partial charge in [-0.15, -0.1) is 0 Å². The molecule has 2 N–H and O–H groups in total. The van der Waals surface area contributed by atoms with Crippen LogP contribution in [0.15, 0.2) is 18.2 Å². The van der Waals surface area contributed by atoms with E-state index in [0.29, 0.717) is 17.6 Å². The van der Waals surface area contributed by atoms with Crippen LogP contribution < -0.4 is 10.2 Å². The van der Waals surface area contributed by atoms with Gasteiger partial charge in [-0.25, -0.2) is 0 Å². The Balaban J connectivity index is 1.91. The van der Waals surface area contributed by atoms with Crippen molar-refractivity contribution >= 4 is 23.2 Å². The molecule has 1 amide bonds. The predicted molar refractivity (Wildman–Crippen MR) is 78.8 cm³/mol. The average Bonchev–Trinajstić information content (AvgIpc) is 2.37. The molecule has 1 unspecified atom stereocenters. The molecular formula is C15H22ClN2O+. The van der Waals surface area contributed by atoms with E-state index >= 15 is 0 Å². The Kier molecular flexibility index (Phi) is 4.83. The van der Waals surface area contributed by atoms with Gasteiger partial charge in [0, 0.05) is 10.7 Å². The third-order valence-corrected chi connectivity index (χ3v) is 4.33. The zero-order valence-electron chi connectivity index (χ0n) is 11.6. The lowest BCUT2D eigenvalue weighted by molar-refractivity contribution is -0.920. The van der Waals surface area contributed by atoms with Crippen LogP contribution in [0.4, 0.5) is 5.69 Å². The van der Waals surface area contributed by atoms with Crippen molar-refractivity contribution in [3.8, 4) is 0 Å². The number of carbonyl (C=O) groups excluding carboxylic acids is 1. The molecule has 1 aliphatic heterocycles. The number of halogens is 1. The van der Waals surface area contributed by atoms with Gasteiger partial charge in [0.1, 0.15) is 0 Å². The third-order valence-electron chi connectivity index (χ3n) is 3.93. The summed E-state index contributed by atoms with van der Waals surface area (Å²) in [6.07, 6.45) is 3.74. The molecule has 1 saturated heterocycles. The van der Waals surface area contributed by atoms with Gasteiger partial charge in [0.15, 0.2) is 6.54 Å². The van der Waals surface area contributed by atoms with Crippen molar-refractivity contribution < 1.29 is 9.69 Å². The van der Waals surface area contributed by atoms with Crippen LogP contribution in [-0.2, 0) is 4.79 Å². The SMILES string of the molecule is Cc1ccc(NC(=O)C[NH+]2CCCC[C@H]2C)cc1Cl. The molecule has 104 valence electrons. The number of hydrogen-bond donors (Lipinski definition) is 2. The molecule has 1 heterocycles. The average molecular weight is 282 g/mol. The largest absolute Gasteiger partial charge is 0.325 e. The number of nitrogens with one attached hydrogen (secondary N) is 2. The van der Waals surface area contributed by atoms with Gasteiger partial charge in [-0.2, -0.15) is 0 Å². The van der Waals surface area contributed by atoms with Crippen molar-refractivity contribution in [3.63, 3.8) is 0 Å². The number of hydrogen-bond acceptors (Lipinski definition) is 1. The maximum atomic E-state index is 12.0. The van der Waals surface area contributed by atoms with Crippen molar-refractivity contribution in [2.24, 2.45) is 0 Å². The van der Waals surface area contributed by atoms with E-state index in [2.05, 4.69) is 12.2 Å². The first kappa shape index (κ1) is 14.4. The Morgan fingerprint density at radius 2 is 2.26 bits per heavy atom. The Labute approximate surface area is 119 Å². The first-order chi connectivity index (χ1) is 9.06. The zero-order valence-corrected chi connectivity index (χ0v) is 12.4. The van der Waals surface area contributed by atoms with Crippen LogP contribution in [0, 0.1) is 6.92 Å². The van der Waals surface area contributed by atoms with E-state index in [0.717, 1.165) is 17.8 Å².